The van der Waals surface area contributed by atoms with Gasteiger partial charge in [0.1, 0.15) is 0 Å². The minimum absolute atomic E-state index is 1.13. The van der Waals surface area contributed by atoms with E-state index in [9.17, 15) is 0 Å². The van der Waals surface area contributed by atoms with Gasteiger partial charge in [-0.1, -0.05) is 18.2 Å². The Morgan fingerprint density at radius 1 is 1.25 bits per heavy atom. The summed E-state index contributed by atoms with van der Waals surface area (Å²) in [6.45, 7) is 0. The van der Waals surface area contributed by atoms with Crippen molar-refractivity contribution in [3.63, 3.8) is 0 Å². The number of nitrogens with zero attached hydrogens (tertiary/aromatic N) is 3. The topological polar surface area (TPSA) is 20.5 Å². The highest BCUT2D eigenvalue weighted by molar-refractivity contribution is 5.88. The van der Waals surface area contributed by atoms with Crippen molar-refractivity contribution in [1.82, 2.24) is 9.58 Å². The van der Waals surface area contributed by atoms with E-state index in [1.807, 2.05) is 55.8 Å². The first-order valence-electron chi connectivity index (χ1n) is 5.20. The predicted molar refractivity (Wildman–Crippen MR) is 67.3 cm³/mol. The Balaban J connectivity index is 2.12. The van der Waals surface area contributed by atoms with Gasteiger partial charge in [-0.2, -0.15) is 5.10 Å². The molecule has 1 aromatic rings. The lowest BCUT2D eigenvalue weighted by Gasteiger charge is -2.07. The SMILES string of the molecule is CN(C)/C=C1\C=CC=C1/C=N/n1cccc1. The van der Waals surface area contributed by atoms with Crippen LogP contribution in [0.2, 0.25) is 0 Å². The van der Waals surface area contributed by atoms with Crippen LogP contribution in [0, 0.1) is 0 Å². The van der Waals surface area contributed by atoms with Crippen LogP contribution in [0.15, 0.2) is 65.2 Å². The molecule has 82 valence electrons. The molecule has 16 heavy (non-hydrogen) atoms. The standard InChI is InChI=1S/C13H15N3/c1-15(2)11-13-7-5-6-12(13)10-14-16-8-3-4-9-16/h3-11H,1-2H3/b13-11+,14-10+. The fourth-order valence-corrected chi connectivity index (χ4v) is 1.49. The monoisotopic (exact) mass is 213 g/mol. The van der Waals surface area contributed by atoms with Crippen molar-refractivity contribution < 1.29 is 0 Å². The molecule has 0 aromatic carbocycles. The lowest BCUT2D eigenvalue weighted by Crippen LogP contribution is -2.03. The summed E-state index contributed by atoms with van der Waals surface area (Å²) in [5.41, 5.74) is 2.31. The Bertz CT molecular complexity index is 459. The van der Waals surface area contributed by atoms with Gasteiger partial charge >= 0.3 is 0 Å². The lowest BCUT2D eigenvalue weighted by molar-refractivity contribution is 0.561. The Kier molecular flexibility index (Phi) is 3.05. The quantitative estimate of drug-likeness (QED) is 0.705. The fourth-order valence-electron chi connectivity index (χ4n) is 1.49. The van der Waals surface area contributed by atoms with E-state index in [2.05, 4.69) is 23.5 Å². The lowest BCUT2D eigenvalue weighted by atomic mass is 10.2. The largest absolute Gasteiger partial charge is 0.383 e. The molecule has 0 saturated carbocycles. The molecule has 0 aliphatic heterocycles. The van der Waals surface area contributed by atoms with E-state index in [1.165, 1.54) is 5.57 Å². The molecule has 0 saturated heterocycles. The molecule has 0 bridgehead atoms. The highest BCUT2D eigenvalue weighted by Crippen LogP contribution is 2.16. The third-order valence-electron chi connectivity index (χ3n) is 2.20. The van der Waals surface area contributed by atoms with E-state index in [0.717, 1.165) is 5.57 Å². The molecule has 1 aliphatic carbocycles. The number of allylic oxidation sites excluding steroid dienone is 5. The molecule has 1 aromatic heterocycles. The zero-order chi connectivity index (χ0) is 11.4. The molecule has 1 heterocycles. The van der Waals surface area contributed by atoms with Crippen LogP contribution in [0.25, 0.3) is 0 Å². The van der Waals surface area contributed by atoms with Crippen molar-refractivity contribution in [3.05, 3.63) is 60.1 Å². The van der Waals surface area contributed by atoms with Crippen LogP contribution in [0.4, 0.5) is 0 Å². The van der Waals surface area contributed by atoms with Crippen LogP contribution >= 0.6 is 0 Å². The van der Waals surface area contributed by atoms with Gasteiger partial charge in [0.2, 0.25) is 0 Å². The summed E-state index contributed by atoms with van der Waals surface area (Å²) in [4.78, 5) is 2.03. The second-order valence-corrected chi connectivity index (χ2v) is 3.84. The first-order valence-corrected chi connectivity index (χ1v) is 5.20. The van der Waals surface area contributed by atoms with Gasteiger partial charge < -0.3 is 4.90 Å². The van der Waals surface area contributed by atoms with E-state index < -0.39 is 0 Å². The van der Waals surface area contributed by atoms with Crippen molar-refractivity contribution in [2.45, 2.75) is 0 Å². The summed E-state index contributed by atoms with van der Waals surface area (Å²) >= 11 is 0. The average molecular weight is 213 g/mol. The third kappa shape index (κ3) is 2.51. The molecular weight excluding hydrogens is 198 g/mol. The summed E-state index contributed by atoms with van der Waals surface area (Å²) in [5, 5.41) is 4.33. The van der Waals surface area contributed by atoms with Gasteiger partial charge in [0, 0.05) is 38.3 Å². The maximum atomic E-state index is 4.33. The minimum atomic E-state index is 1.13. The molecule has 0 N–H and O–H groups in total. The Labute approximate surface area is 95.7 Å². The molecule has 0 spiro atoms. The van der Waals surface area contributed by atoms with Gasteiger partial charge in [-0.15, -0.1) is 0 Å². The Morgan fingerprint density at radius 3 is 2.69 bits per heavy atom. The van der Waals surface area contributed by atoms with Crippen molar-refractivity contribution in [2.24, 2.45) is 5.10 Å². The molecule has 3 nitrogen and oxygen atoms in total. The van der Waals surface area contributed by atoms with E-state index in [1.54, 1.807) is 4.68 Å². The second-order valence-electron chi connectivity index (χ2n) is 3.84. The fraction of sp³-hybridized carbons (Fsp3) is 0.154. The normalized spacial score (nSPS) is 17.4. The minimum Gasteiger partial charge on any atom is -0.383 e. The van der Waals surface area contributed by atoms with Gasteiger partial charge in [0.15, 0.2) is 0 Å². The Morgan fingerprint density at radius 2 is 2.00 bits per heavy atom. The average Bonchev–Trinajstić information content (AvgIpc) is 2.84. The summed E-state index contributed by atoms with van der Waals surface area (Å²) < 4.78 is 1.78. The first kappa shape index (κ1) is 10.5. The van der Waals surface area contributed by atoms with Crippen LogP contribution in [0.5, 0.6) is 0 Å². The van der Waals surface area contributed by atoms with Crippen molar-refractivity contribution >= 4 is 6.21 Å². The molecule has 3 heteroatoms. The van der Waals surface area contributed by atoms with Crippen LogP contribution in [0.3, 0.4) is 0 Å². The smallest absolute Gasteiger partial charge is 0.0557 e. The second kappa shape index (κ2) is 4.66. The summed E-state index contributed by atoms with van der Waals surface area (Å²) in [6, 6.07) is 3.91. The van der Waals surface area contributed by atoms with E-state index in [0.29, 0.717) is 0 Å². The zero-order valence-electron chi connectivity index (χ0n) is 9.54. The highest BCUT2D eigenvalue weighted by atomic mass is 15.3. The van der Waals surface area contributed by atoms with E-state index in [4.69, 9.17) is 0 Å². The molecular formula is C13H15N3. The van der Waals surface area contributed by atoms with Crippen molar-refractivity contribution in [1.29, 1.82) is 0 Å². The summed E-state index contributed by atoms with van der Waals surface area (Å²) in [7, 11) is 4.03. The van der Waals surface area contributed by atoms with Crippen molar-refractivity contribution in [2.75, 3.05) is 14.1 Å². The van der Waals surface area contributed by atoms with Crippen LogP contribution < -0.4 is 0 Å². The third-order valence-corrected chi connectivity index (χ3v) is 2.20. The van der Waals surface area contributed by atoms with E-state index >= 15 is 0 Å². The molecule has 0 unspecified atom stereocenters. The number of aromatic nitrogens is 1. The molecule has 1 aliphatic rings. The highest BCUT2D eigenvalue weighted by Gasteiger charge is 2.03. The molecule has 0 atom stereocenters. The Hall–Kier alpha value is -2.03. The predicted octanol–water partition coefficient (Wildman–Crippen LogP) is 2.26. The zero-order valence-corrected chi connectivity index (χ0v) is 9.54. The molecule has 2 rings (SSSR count). The van der Waals surface area contributed by atoms with Gasteiger partial charge in [0.05, 0.1) is 6.21 Å². The van der Waals surface area contributed by atoms with Crippen LogP contribution in [-0.4, -0.2) is 29.9 Å². The summed E-state index contributed by atoms with van der Waals surface area (Å²) in [5.74, 6) is 0. The van der Waals surface area contributed by atoms with Crippen LogP contribution in [0.1, 0.15) is 0 Å². The number of rotatable bonds is 3. The van der Waals surface area contributed by atoms with E-state index in [-0.39, 0.29) is 0 Å². The number of hydrogen-bond donors (Lipinski definition) is 0. The van der Waals surface area contributed by atoms with Crippen LogP contribution in [-0.2, 0) is 0 Å². The maximum Gasteiger partial charge on any atom is 0.0557 e. The molecule has 0 fully saturated rings. The van der Waals surface area contributed by atoms with Gasteiger partial charge in [0.25, 0.3) is 0 Å². The maximum absolute atomic E-state index is 4.33. The van der Waals surface area contributed by atoms with Gasteiger partial charge in [-0.25, -0.2) is 4.68 Å². The van der Waals surface area contributed by atoms with Gasteiger partial charge in [-0.3, -0.25) is 0 Å². The first-order chi connectivity index (χ1) is 7.75. The summed E-state index contributed by atoms with van der Waals surface area (Å²) in [6.07, 6.45) is 13.9. The van der Waals surface area contributed by atoms with Crippen molar-refractivity contribution in [3.8, 4) is 0 Å². The molecule has 0 amide bonds. The number of hydrogen-bond acceptors (Lipinski definition) is 2. The molecule has 0 radical (unpaired) electrons. The van der Waals surface area contributed by atoms with Gasteiger partial charge in [-0.05, 0) is 17.7 Å².